The maximum Gasteiger partial charge on any atom is 0.318 e. The maximum absolute atomic E-state index is 13.4. The lowest BCUT2D eigenvalue weighted by Crippen LogP contribution is -2.50. The van der Waals surface area contributed by atoms with Crippen LogP contribution >= 0.6 is 11.3 Å². The number of piperazine rings is 1. The molecule has 1 saturated heterocycles. The Hall–Kier alpha value is -2.67. The molecule has 0 bridgehead atoms. The summed E-state index contributed by atoms with van der Waals surface area (Å²) in [5.41, 5.74) is 2.29. The first-order valence-corrected chi connectivity index (χ1v) is 10.4. The number of rotatable bonds is 5. The summed E-state index contributed by atoms with van der Waals surface area (Å²) in [7, 11) is 0. The van der Waals surface area contributed by atoms with Crippen molar-refractivity contribution in [3.8, 4) is 0 Å². The highest BCUT2D eigenvalue weighted by atomic mass is 32.1. The summed E-state index contributed by atoms with van der Waals surface area (Å²) >= 11 is 1.71. The Balaban J connectivity index is 1.48. The topological polar surface area (TPSA) is 62.5 Å². The minimum atomic E-state index is -0.156. The fraction of sp³-hybridized carbons (Fsp3) is 0.381. The van der Waals surface area contributed by atoms with Gasteiger partial charge in [-0.15, -0.1) is 16.4 Å². The van der Waals surface area contributed by atoms with Crippen molar-refractivity contribution in [1.82, 2.24) is 15.1 Å². The molecular formula is C21H24N4O2S. The van der Waals surface area contributed by atoms with Gasteiger partial charge in [0.1, 0.15) is 0 Å². The highest BCUT2D eigenvalue weighted by molar-refractivity contribution is 7.09. The van der Waals surface area contributed by atoms with E-state index in [2.05, 4.69) is 52.8 Å². The molecule has 146 valence electrons. The molecule has 2 aromatic heterocycles. The van der Waals surface area contributed by atoms with E-state index in [9.17, 15) is 4.79 Å². The quantitative estimate of drug-likeness (QED) is 0.661. The highest BCUT2D eigenvalue weighted by Crippen LogP contribution is 2.27. The van der Waals surface area contributed by atoms with Crippen LogP contribution in [0.1, 0.15) is 27.8 Å². The smallest absolute Gasteiger partial charge is 0.318 e. The molecule has 4 rings (SSSR count). The zero-order chi connectivity index (χ0) is 19.5. The summed E-state index contributed by atoms with van der Waals surface area (Å²) in [6, 6.07) is 13.0. The SMILES string of the molecule is Cc1ccc(C(Cc2cccs2)C(=O)N2CCN(c3nnc(C)o3)CC2)cc1. The highest BCUT2D eigenvalue weighted by Gasteiger charge is 2.30. The van der Waals surface area contributed by atoms with E-state index in [1.165, 1.54) is 10.4 Å². The van der Waals surface area contributed by atoms with E-state index in [-0.39, 0.29) is 11.8 Å². The molecule has 1 unspecified atom stereocenters. The number of aromatic nitrogens is 2. The average molecular weight is 397 g/mol. The fourth-order valence-corrected chi connectivity index (χ4v) is 4.28. The summed E-state index contributed by atoms with van der Waals surface area (Å²) < 4.78 is 5.52. The lowest BCUT2D eigenvalue weighted by Gasteiger charge is -2.35. The number of aryl methyl sites for hydroxylation is 2. The Kier molecular flexibility index (Phi) is 5.43. The molecule has 0 spiro atoms. The lowest BCUT2D eigenvalue weighted by atomic mass is 9.92. The standard InChI is InChI=1S/C21H24N4O2S/c1-15-5-7-17(8-6-15)19(14-18-4-3-13-28-18)20(26)24-9-11-25(12-10-24)21-23-22-16(2)27-21/h3-8,13,19H,9-12,14H2,1-2H3. The van der Waals surface area contributed by atoms with Gasteiger partial charge < -0.3 is 14.2 Å². The first-order valence-electron chi connectivity index (χ1n) is 9.53. The van der Waals surface area contributed by atoms with Crippen molar-refractivity contribution < 1.29 is 9.21 Å². The molecule has 7 heteroatoms. The lowest BCUT2D eigenvalue weighted by molar-refractivity contribution is -0.133. The number of anilines is 1. The fourth-order valence-electron chi connectivity index (χ4n) is 3.53. The van der Waals surface area contributed by atoms with Crippen LogP contribution in [0.5, 0.6) is 0 Å². The van der Waals surface area contributed by atoms with E-state index < -0.39 is 0 Å². The summed E-state index contributed by atoms with van der Waals surface area (Å²) in [5.74, 6) is 0.596. The van der Waals surface area contributed by atoms with Crippen LogP contribution in [0.2, 0.25) is 0 Å². The normalized spacial score (nSPS) is 15.6. The predicted molar refractivity (Wildman–Crippen MR) is 110 cm³/mol. The minimum Gasteiger partial charge on any atom is -0.408 e. The predicted octanol–water partition coefficient (Wildman–Crippen LogP) is 3.42. The van der Waals surface area contributed by atoms with Crippen molar-refractivity contribution in [1.29, 1.82) is 0 Å². The number of amides is 1. The molecule has 0 N–H and O–H groups in total. The van der Waals surface area contributed by atoms with Crippen molar-refractivity contribution in [2.24, 2.45) is 0 Å². The third kappa shape index (κ3) is 4.09. The zero-order valence-electron chi connectivity index (χ0n) is 16.2. The second-order valence-electron chi connectivity index (χ2n) is 7.16. The monoisotopic (exact) mass is 396 g/mol. The minimum absolute atomic E-state index is 0.156. The molecule has 0 aliphatic carbocycles. The van der Waals surface area contributed by atoms with Crippen molar-refractivity contribution in [2.45, 2.75) is 26.2 Å². The second kappa shape index (κ2) is 8.14. The van der Waals surface area contributed by atoms with Gasteiger partial charge in [0.15, 0.2) is 0 Å². The number of nitrogens with zero attached hydrogens (tertiary/aromatic N) is 4. The van der Waals surface area contributed by atoms with Crippen LogP contribution in [-0.2, 0) is 11.2 Å². The average Bonchev–Trinajstić information content (AvgIpc) is 3.38. The van der Waals surface area contributed by atoms with Crippen molar-refractivity contribution in [3.63, 3.8) is 0 Å². The number of carbonyl (C=O) groups is 1. The van der Waals surface area contributed by atoms with E-state index in [1.807, 2.05) is 15.9 Å². The van der Waals surface area contributed by atoms with Crippen molar-refractivity contribution >= 4 is 23.3 Å². The van der Waals surface area contributed by atoms with Crippen LogP contribution in [0.25, 0.3) is 0 Å². The molecule has 3 heterocycles. The molecule has 1 aliphatic heterocycles. The van der Waals surface area contributed by atoms with E-state index in [0.29, 0.717) is 38.1 Å². The molecule has 1 fully saturated rings. The van der Waals surface area contributed by atoms with Gasteiger partial charge in [-0.05, 0) is 30.4 Å². The molecule has 0 radical (unpaired) electrons. The number of carbonyl (C=O) groups excluding carboxylic acids is 1. The van der Waals surface area contributed by atoms with Crippen LogP contribution in [0.3, 0.4) is 0 Å². The Morgan fingerprint density at radius 1 is 1.11 bits per heavy atom. The van der Waals surface area contributed by atoms with Gasteiger partial charge in [0.25, 0.3) is 0 Å². The Morgan fingerprint density at radius 3 is 2.46 bits per heavy atom. The first kappa shape index (κ1) is 18.7. The van der Waals surface area contributed by atoms with Gasteiger partial charge >= 0.3 is 6.01 Å². The number of thiophene rings is 1. The van der Waals surface area contributed by atoms with Gasteiger partial charge in [-0.1, -0.05) is 41.0 Å². The molecule has 6 nitrogen and oxygen atoms in total. The van der Waals surface area contributed by atoms with Crippen LogP contribution in [0.4, 0.5) is 6.01 Å². The molecule has 1 aromatic carbocycles. The zero-order valence-corrected chi connectivity index (χ0v) is 17.0. The number of benzene rings is 1. The van der Waals surface area contributed by atoms with Gasteiger partial charge in [-0.25, -0.2) is 0 Å². The maximum atomic E-state index is 13.4. The Morgan fingerprint density at radius 2 is 1.86 bits per heavy atom. The molecule has 1 amide bonds. The summed E-state index contributed by atoms with van der Waals surface area (Å²) in [6.45, 7) is 6.57. The third-order valence-electron chi connectivity index (χ3n) is 5.14. The van der Waals surface area contributed by atoms with Crippen molar-refractivity contribution in [3.05, 3.63) is 63.7 Å². The second-order valence-corrected chi connectivity index (χ2v) is 8.19. The van der Waals surface area contributed by atoms with Crippen LogP contribution in [0.15, 0.2) is 46.2 Å². The van der Waals surface area contributed by atoms with Gasteiger partial charge in [0.05, 0.1) is 5.92 Å². The molecule has 1 atom stereocenters. The largest absolute Gasteiger partial charge is 0.408 e. The van der Waals surface area contributed by atoms with E-state index in [4.69, 9.17) is 4.42 Å². The van der Waals surface area contributed by atoms with Crippen molar-refractivity contribution in [2.75, 3.05) is 31.1 Å². The van der Waals surface area contributed by atoms with E-state index >= 15 is 0 Å². The summed E-state index contributed by atoms with van der Waals surface area (Å²) in [6.07, 6.45) is 0.739. The van der Waals surface area contributed by atoms with Crippen LogP contribution in [-0.4, -0.2) is 47.2 Å². The van der Waals surface area contributed by atoms with Gasteiger partial charge in [0.2, 0.25) is 11.8 Å². The van der Waals surface area contributed by atoms with Crippen LogP contribution < -0.4 is 4.90 Å². The Bertz CT molecular complexity index is 912. The van der Waals surface area contributed by atoms with Gasteiger partial charge in [0, 0.05) is 38.0 Å². The van der Waals surface area contributed by atoms with E-state index in [1.54, 1.807) is 18.3 Å². The van der Waals surface area contributed by atoms with Crippen LogP contribution in [0, 0.1) is 13.8 Å². The molecule has 28 heavy (non-hydrogen) atoms. The molecular weight excluding hydrogens is 372 g/mol. The third-order valence-corrected chi connectivity index (χ3v) is 6.04. The summed E-state index contributed by atoms with van der Waals surface area (Å²) in [5, 5.41) is 10.0. The number of hydrogen-bond acceptors (Lipinski definition) is 6. The van der Waals surface area contributed by atoms with Gasteiger partial charge in [-0.3, -0.25) is 4.79 Å². The Labute approximate surface area is 168 Å². The van der Waals surface area contributed by atoms with E-state index in [0.717, 1.165) is 12.0 Å². The molecule has 0 saturated carbocycles. The first-order chi connectivity index (χ1) is 13.6. The molecule has 3 aromatic rings. The molecule has 1 aliphatic rings. The number of hydrogen-bond donors (Lipinski definition) is 0. The summed E-state index contributed by atoms with van der Waals surface area (Å²) in [4.78, 5) is 18.7. The van der Waals surface area contributed by atoms with Gasteiger partial charge in [-0.2, -0.15) is 0 Å².